The molecule has 0 radical (unpaired) electrons. The Morgan fingerprint density at radius 2 is 2.29 bits per heavy atom. The van der Waals surface area contributed by atoms with Crippen LogP contribution in [0.25, 0.3) is 0 Å². The van der Waals surface area contributed by atoms with Crippen LogP contribution in [0.5, 0.6) is 5.88 Å². The summed E-state index contributed by atoms with van der Waals surface area (Å²) in [4.78, 5) is 8.28. The number of anilines is 1. The summed E-state index contributed by atoms with van der Waals surface area (Å²) in [5, 5.41) is 3.09. The fraction of sp³-hybridized carbons (Fsp3) is 0.600. The molecule has 0 bridgehead atoms. The van der Waals surface area contributed by atoms with Gasteiger partial charge in [0.05, 0.1) is 24.4 Å². The van der Waals surface area contributed by atoms with Gasteiger partial charge in [0.25, 0.3) is 0 Å². The van der Waals surface area contributed by atoms with E-state index in [9.17, 15) is 0 Å². The summed E-state index contributed by atoms with van der Waals surface area (Å²) in [6.07, 6.45) is 2.52. The molecule has 1 aromatic heterocycles. The molecule has 1 aromatic rings. The smallest absolute Gasteiger partial charge is 0.232 e. The van der Waals surface area contributed by atoms with Crippen molar-refractivity contribution in [1.82, 2.24) is 9.97 Å². The van der Waals surface area contributed by atoms with Crippen molar-refractivity contribution in [3.63, 3.8) is 0 Å². The van der Waals surface area contributed by atoms with Crippen molar-refractivity contribution >= 4 is 33.5 Å². The molecule has 0 aliphatic rings. The van der Waals surface area contributed by atoms with Crippen LogP contribution in [0.3, 0.4) is 0 Å². The first-order valence-corrected chi connectivity index (χ1v) is 6.54. The van der Waals surface area contributed by atoms with Gasteiger partial charge in [0.1, 0.15) is 0 Å². The molecular weight excluding hydrogens is 309 g/mol. The van der Waals surface area contributed by atoms with E-state index < -0.39 is 0 Å². The van der Waals surface area contributed by atoms with Gasteiger partial charge in [-0.25, -0.2) is 4.98 Å². The minimum Gasteiger partial charge on any atom is -0.480 e. The SMILES string of the molecule is COc1nc(NCCCOCCCl)ncc1Br. The molecule has 0 aliphatic heterocycles. The third-order valence-electron chi connectivity index (χ3n) is 1.88. The van der Waals surface area contributed by atoms with Crippen molar-refractivity contribution < 1.29 is 9.47 Å². The monoisotopic (exact) mass is 323 g/mol. The molecule has 17 heavy (non-hydrogen) atoms. The minimum atomic E-state index is 0.515. The zero-order valence-corrected chi connectivity index (χ0v) is 11.9. The van der Waals surface area contributed by atoms with Gasteiger partial charge in [0.15, 0.2) is 0 Å². The van der Waals surface area contributed by atoms with E-state index in [1.54, 1.807) is 13.3 Å². The summed E-state index contributed by atoms with van der Waals surface area (Å²) in [6, 6.07) is 0. The molecule has 5 nitrogen and oxygen atoms in total. The summed E-state index contributed by atoms with van der Waals surface area (Å²) < 4.78 is 11.0. The Balaban J connectivity index is 2.27. The zero-order chi connectivity index (χ0) is 12.5. The van der Waals surface area contributed by atoms with E-state index in [0.717, 1.165) is 17.4 Å². The lowest BCUT2D eigenvalue weighted by Gasteiger charge is -2.07. The molecule has 1 heterocycles. The average molecular weight is 325 g/mol. The van der Waals surface area contributed by atoms with E-state index in [-0.39, 0.29) is 0 Å². The number of halogens is 2. The molecule has 0 aliphatic carbocycles. The van der Waals surface area contributed by atoms with E-state index in [1.165, 1.54) is 0 Å². The van der Waals surface area contributed by atoms with Crippen molar-refractivity contribution in [3.8, 4) is 5.88 Å². The van der Waals surface area contributed by atoms with Crippen LogP contribution >= 0.6 is 27.5 Å². The molecule has 0 aromatic carbocycles. The molecule has 0 amide bonds. The molecule has 0 saturated carbocycles. The summed E-state index contributed by atoms with van der Waals surface area (Å²) in [5.74, 6) is 1.59. The highest BCUT2D eigenvalue weighted by atomic mass is 79.9. The van der Waals surface area contributed by atoms with Crippen molar-refractivity contribution in [2.75, 3.05) is 38.1 Å². The second-order valence-corrected chi connectivity index (χ2v) is 4.36. The number of aromatic nitrogens is 2. The van der Waals surface area contributed by atoms with Gasteiger partial charge in [-0.2, -0.15) is 4.98 Å². The lowest BCUT2D eigenvalue weighted by atomic mass is 10.4. The first kappa shape index (κ1) is 14.5. The summed E-state index contributed by atoms with van der Waals surface area (Å²) in [7, 11) is 1.57. The maximum atomic E-state index is 5.48. The first-order chi connectivity index (χ1) is 8.27. The third kappa shape index (κ3) is 5.52. The Morgan fingerprint density at radius 3 is 3.00 bits per heavy atom. The highest BCUT2D eigenvalue weighted by molar-refractivity contribution is 9.10. The lowest BCUT2D eigenvalue weighted by molar-refractivity contribution is 0.149. The Labute approximate surface area is 114 Å². The van der Waals surface area contributed by atoms with Crippen LogP contribution in [-0.2, 0) is 4.74 Å². The Kier molecular flexibility index (Phi) is 7.23. The number of hydrogen-bond donors (Lipinski definition) is 1. The maximum Gasteiger partial charge on any atom is 0.232 e. The molecule has 96 valence electrons. The number of ether oxygens (including phenoxy) is 2. The van der Waals surface area contributed by atoms with Gasteiger partial charge in [0.2, 0.25) is 11.8 Å². The number of hydrogen-bond acceptors (Lipinski definition) is 5. The van der Waals surface area contributed by atoms with Gasteiger partial charge in [-0.1, -0.05) is 0 Å². The van der Waals surface area contributed by atoms with Gasteiger partial charge in [-0.3, -0.25) is 0 Å². The van der Waals surface area contributed by atoms with Gasteiger partial charge < -0.3 is 14.8 Å². The Hall–Kier alpha value is -0.590. The largest absolute Gasteiger partial charge is 0.480 e. The predicted octanol–water partition coefficient (Wildman–Crippen LogP) is 2.31. The van der Waals surface area contributed by atoms with Crippen LogP contribution in [0.4, 0.5) is 5.95 Å². The van der Waals surface area contributed by atoms with Crippen molar-refractivity contribution in [3.05, 3.63) is 10.7 Å². The fourth-order valence-electron chi connectivity index (χ4n) is 1.11. The predicted molar refractivity (Wildman–Crippen MR) is 70.9 cm³/mol. The molecule has 1 N–H and O–H groups in total. The molecule has 0 fully saturated rings. The summed E-state index contributed by atoms with van der Waals surface area (Å²) in [5.41, 5.74) is 0. The van der Waals surface area contributed by atoms with Crippen LogP contribution < -0.4 is 10.1 Å². The van der Waals surface area contributed by atoms with Crippen LogP contribution in [0.1, 0.15) is 6.42 Å². The number of methoxy groups -OCH3 is 1. The quantitative estimate of drug-likeness (QED) is 0.587. The first-order valence-electron chi connectivity index (χ1n) is 5.22. The van der Waals surface area contributed by atoms with Crippen molar-refractivity contribution in [2.24, 2.45) is 0 Å². The normalized spacial score (nSPS) is 10.3. The molecule has 7 heteroatoms. The third-order valence-corrected chi connectivity index (χ3v) is 2.57. The van der Waals surface area contributed by atoms with Crippen LogP contribution in [0, 0.1) is 0 Å². The van der Waals surface area contributed by atoms with Gasteiger partial charge in [-0.05, 0) is 22.4 Å². The zero-order valence-electron chi connectivity index (χ0n) is 9.58. The van der Waals surface area contributed by atoms with Crippen LogP contribution in [-0.4, -0.2) is 42.7 Å². The van der Waals surface area contributed by atoms with E-state index in [1.807, 2.05) is 0 Å². The molecule has 0 saturated heterocycles. The van der Waals surface area contributed by atoms with E-state index >= 15 is 0 Å². The molecule has 0 atom stereocenters. The van der Waals surface area contributed by atoms with E-state index in [4.69, 9.17) is 21.1 Å². The van der Waals surface area contributed by atoms with Crippen LogP contribution in [0.2, 0.25) is 0 Å². The van der Waals surface area contributed by atoms with E-state index in [2.05, 4.69) is 31.2 Å². The highest BCUT2D eigenvalue weighted by Crippen LogP contribution is 2.21. The fourth-order valence-corrected chi connectivity index (χ4v) is 1.57. The van der Waals surface area contributed by atoms with Crippen LogP contribution in [0.15, 0.2) is 10.7 Å². The Bertz CT molecular complexity index is 341. The van der Waals surface area contributed by atoms with Gasteiger partial charge >= 0.3 is 0 Å². The standard InChI is InChI=1S/C10H15BrClN3O2/c1-16-9-8(11)7-14-10(15-9)13-4-2-5-17-6-3-12/h7H,2-6H2,1H3,(H,13,14,15). The second kappa shape index (κ2) is 8.49. The number of nitrogens with zero attached hydrogens (tertiary/aromatic N) is 2. The molecule has 1 rings (SSSR count). The summed E-state index contributed by atoms with van der Waals surface area (Å²) in [6.45, 7) is 2.00. The van der Waals surface area contributed by atoms with Gasteiger partial charge in [-0.15, -0.1) is 11.6 Å². The molecular formula is C10H15BrClN3O2. The summed E-state index contributed by atoms with van der Waals surface area (Å²) >= 11 is 8.77. The van der Waals surface area contributed by atoms with Crippen molar-refractivity contribution in [2.45, 2.75) is 6.42 Å². The number of nitrogens with one attached hydrogen (secondary N) is 1. The van der Waals surface area contributed by atoms with Crippen molar-refractivity contribution in [1.29, 1.82) is 0 Å². The minimum absolute atomic E-state index is 0.515. The molecule has 0 spiro atoms. The number of rotatable bonds is 8. The highest BCUT2D eigenvalue weighted by Gasteiger charge is 2.03. The topological polar surface area (TPSA) is 56.3 Å². The average Bonchev–Trinajstić information content (AvgIpc) is 2.35. The number of alkyl halides is 1. The van der Waals surface area contributed by atoms with E-state index in [0.29, 0.717) is 30.9 Å². The lowest BCUT2D eigenvalue weighted by Crippen LogP contribution is -2.09. The Morgan fingerprint density at radius 1 is 1.47 bits per heavy atom. The maximum absolute atomic E-state index is 5.48. The van der Waals surface area contributed by atoms with Gasteiger partial charge in [0, 0.05) is 19.0 Å². The second-order valence-electron chi connectivity index (χ2n) is 3.13. The molecule has 0 unspecified atom stereocenters.